The second kappa shape index (κ2) is 9.05. The number of aryl methyl sites for hydroxylation is 1. The van der Waals surface area contributed by atoms with Crippen LogP contribution >= 0.6 is 11.6 Å². The highest BCUT2D eigenvalue weighted by molar-refractivity contribution is 6.31. The summed E-state index contributed by atoms with van der Waals surface area (Å²) < 4.78 is 18.2. The van der Waals surface area contributed by atoms with Crippen molar-refractivity contribution in [1.29, 1.82) is 0 Å². The maximum Gasteiger partial charge on any atom is 0.311 e. The van der Waals surface area contributed by atoms with E-state index < -0.39 is 30.2 Å². The van der Waals surface area contributed by atoms with Crippen LogP contribution in [0.2, 0.25) is 5.02 Å². The van der Waals surface area contributed by atoms with Gasteiger partial charge in [0.15, 0.2) is 6.61 Å². The van der Waals surface area contributed by atoms with Gasteiger partial charge in [0.2, 0.25) is 5.91 Å². The Hall–Kier alpha value is -2.93. The number of carbonyl (C=O) groups is 3. The summed E-state index contributed by atoms with van der Waals surface area (Å²) in [5.74, 6) is -2.52. The Bertz CT molecular complexity index is 933. The van der Waals surface area contributed by atoms with Gasteiger partial charge < -0.3 is 15.0 Å². The summed E-state index contributed by atoms with van der Waals surface area (Å²) in [5, 5.41) is 2.34. The fourth-order valence-electron chi connectivity index (χ4n) is 3.02. The zero-order valence-corrected chi connectivity index (χ0v) is 16.5. The lowest BCUT2D eigenvalue weighted by Gasteiger charge is -2.16. The van der Waals surface area contributed by atoms with Crippen molar-refractivity contribution in [3.05, 3.63) is 64.4 Å². The third kappa shape index (κ3) is 5.54. The van der Waals surface area contributed by atoms with Crippen molar-refractivity contribution in [2.75, 3.05) is 18.5 Å². The molecule has 1 N–H and O–H groups in total. The van der Waals surface area contributed by atoms with Crippen molar-refractivity contribution in [3.63, 3.8) is 0 Å². The molecule has 0 spiro atoms. The van der Waals surface area contributed by atoms with E-state index in [1.807, 2.05) is 31.2 Å². The highest BCUT2D eigenvalue weighted by atomic mass is 35.5. The molecule has 1 saturated heterocycles. The number of anilines is 1. The Balaban J connectivity index is 1.47. The van der Waals surface area contributed by atoms with Gasteiger partial charge in [0.25, 0.3) is 5.91 Å². The van der Waals surface area contributed by atoms with Crippen molar-refractivity contribution >= 4 is 35.1 Å². The zero-order valence-electron chi connectivity index (χ0n) is 15.8. The molecule has 0 saturated carbocycles. The number of halogens is 2. The van der Waals surface area contributed by atoms with Gasteiger partial charge in [-0.3, -0.25) is 14.4 Å². The van der Waals surface area contributed by atoms with E-state index in [2.05, 4.69) is 5.32 Å². The normalized spacial score (nSPS) is 16.0. The van der Waals surface area contributed by atoms with E-state index >= 15 is 0 Å². The van der Waals surface area contributed by atoms with Crippen molar-refractivity contribution < 1.29 is 23.5 Å². The lowest BCUT2D eigenvalue weighted by Crippen LogP contribution is -2.28. The van der Waals surface area contributed by atoms with Crippen LogP contribution < -0.4 is 5.32 Å². The van der Waals surface area contributed by atoms with Crippen molar-refractivity contribution in [2.45, 2.75) is 19.9 Å². The molecular formula is C21H20ClFN2O4. The van der Waals surface area contributed by atoms with E-state index in [9.17, 15) is 18.8 Å². The van der Waals surface area contributed by atoms with E-state index in [-0.39, 0.29) is 29.6 Å². The number of likely N-dealkylation sites (tertiary alicyclic amines) is 1. The monoisotopic (exact) mass is 418 g/mol. The Morgan fingerprint density at radius 1 is 1.24 bits per heavy atom. The first-order valence-corrected chi connectivity index (χ1v) is 9.44. The van der Waals surface area contributed by atoms with Gasteiger partial charge in [0.1, 0.15) is 5.82 Å². The van der Waals surface area contributed by atoms with Crippen molar-refractivity contribution in [2.24, 2.45) is 5.92 Å². The number of benzene rings is 2. The second-order valence-electron chi connectivity index (χ2n) is 6.95. The minimum atomic E-state index is -0.610. The lowest BCUT2D eigenvalue weighted by molar-refractivity contribution is -0.151. The molecule has 6 nitrogen and oxygen atoms in total. The number of hydrogen-bond acceptors (Lipinski definition) is 4. The van der Waals surface area contributed by atoms with E-state index in [1.165, 1.54) is 12.1 Å². The Labute approximate surface area is 172 Å². The molecule has 2 amide bonds. The first kappa shape index (κ1) is 20.8. The number of nitrogens with one attached hydrogen (secondary N) is 1. The van der Waals surface area contributed by atoms with E-state index in [0.717, 1.165) is 17.2 Å². The van der Waals surface area contributed by atoms with Gasteiger partial charge in [-0.25, -0.2) is 4.39 Å². The van der Waals surface area contributed by atoms with Crippen LogP contribution in [0.15, 0.2) is 42.5 Å². The summed E-state index contributed by atoms with van der Waals surface area (Å²) in [4.78, 5) is 38.0. The lowest BCUT2D eigenvalue weighted by atomic mass is 10.1. The topological polar surface area (TPSA) is 75.7 Å². The molecule has 3 rings (SSSR count). The Kier molecular flexibility index (Phi) is 6.49. The van der Waals surface area contributed by atoms with Gasteiger partial charge in [-0.15, -0.1) is 0 Å². The average molecular weight is 419 g/mol. The number of amides is 2. The molecule has 0 bridgehead atoms. The summed E-state index contributed by atoms with van der Waals surface area (Å²) in [7, 11) is 0. The smallest absolute Gasteiger partial charge is 0.311 e. The molecule has 1 atom stereocenters. The van der Waals surface area contributed by atoms with Gasteiger partial charge in [0.05, 0.1) is 10.9 Å². The third-order valence-electron chi connectivity index (χ3n) is 4.59. The molecule has 0 unspecified atom stereocenters. The standard InChI is InChI=1S/C21H20ClFN2O4/c1-13-2-4-14(5-3-13)10-25-11-15(8-20(25)27)21(28)29-12-19(26)24-16-6-7-18(23)17(22)9-16/h2-7,9,15H,8,10-12H2,1H3,(H,24,26)/t15-/m0/s1. The summed E-state index contributed by atoms with van der Waals surface area (Å²) in [6, 6.07) is 11.6. The number of hydrogen-bond donors (Lipinski definition) is 1. The fourth-order valence-corrected chi connectivity index (χ4v) is 3.20. The molecule has 29 heavy (non-hydrogen) atoms. The third-order valence-corrected chi connectivity index (χ3v) is 4.88. The molecule has 0 aromatic heterocycles. The summed E-state index contributed by atoms with van der Waals surface area (Å²) in [5.41, 5.74) is 2.40. The SMILES string of the molecule is Cc1ccc(CN2C[C@@H](C(=O)OCC(=O)Nc3ccc(F)c(Cl)c3)CC2=O)cc1. The molecule has 1 aliphatic rings. The molecule has 0 radical (unpaired) electrons. The average Bonchev–Trinajstić information content (AvgIpc) is 3.05. The largest absolute Gasteiger partial charge is 0.455 e. The van der Waals surface area contributed by atoms with Gasteiger partial charge in [0, 0.05) is 25.2 Å². The molecule has 1 aliphatic heterocycles. The number of ether oxygens (including phenoxy) is 1. The number of nitrogens with zero attached hydrogens (tertiary/aromatic N) is 1. The van der Waals surface area contributed by atoms with E-state index in [1.54, 1.807) is 4.90 Å². The van der Waals surface area contributed by atoms with Crippen LogP contribution in [0.1, 0.15) is 17.5 Å². The highest BCUT2D eigenvalue weighted by Crippen LogP contribution is 2.22. The maximum absolute atomic E-state index is 13.1. The molecule has 2 aromatic carbocycles. The molecule has 8 heteroatoms. The van der Waals surface area contributed by atoms with Crippen LogP contribution in [0.25, 0.3) is 0 Å². The summed E-state index contributed by atoms with van der Waals surface area (Å²) >= 11 is 5.66. The molecule has 1 heterocycles. The Morgan fingerprint density at radius 2 is 1.97 bits per heavy atom. The van der Waals surface area contributed by atoms with Crippen LogP contribution in [-0.2, 0) is 25.7 Å². The maximum atomic E-state index is 13.1. The van der Waals surface area contributed by atoms with Gasteiger partial charge in [-0.05, 0) is 30.7 Å². The van der Waals surface area contributed by atoms with Gasteiger partial charge >= 0.3 is 5.97 Å². The number of esters is 1. The molecule has 1 fully saturated rings. The number of rotatable bonds is 6. The van der Waals surface area contributed by atoms with Crippen LogP contribution in [0.3, 0.4) is 0 Å². The van der Waals surface area contributed by atoms with Gasteiger partial charge in [-0.2, -0.15) is 0 Å². The van der Waals surface area contributed by atoms with E-state index in [4.69, 9.17) is 16.3 Å². The number of carbonyl (C=O) groups excluding carboxylic acids is 3. The summed E-state index contributed by atoms with van der Waals surface area (Å²) in [6.45, 7) is 2.16. The predicted octanol–water partition coefficient (Wildman–Crippen LogP) is 3.32. The molecule has 152 valence electrons. The minimum absolute atomic E-state index is 0.0554. The first-order valence-electron chi connectivity index (χ1n) is 9.06. The summed E-state index contributed by atoms with van der Waals surface area (Å²) in [6.07, 6.45) is 0.0554. The van der Waals surface area contributed by atoms with Crippen LogP contribution in [0.4, 0.5) is 10.1 Å². The zero-order chi connectivity index (χ0) is 21.0. The van der Waals surface area contributed by atoms with Crippen LogP contribution in [-0.4, -0.2) is 35.8 Å². The predicted molar refractivity (Wildman–Crippen MR) is 106 cm³/mol. The van der Waals surface area contributed by atoms with Gasteiger partial charge in [-0.1, -0.05) is 41.4 Å². The highest BCUT2D eigenvalue weighted by Gasteiger charge is 2.35. The quantitative estimate of drug-likeness (QED) is 0.730. The fraction of sp³-hybridized carbons (Fsp3) is 0.286. The van der Waals surface area contributed by atoms with E-state index in [0.29, 0.717) is 6.54 Å². The Morgan fingerprint density at radius 3 is 2.66 bits per heavy atom. The van der Waals surface area contributed by atoms with Crippen LogP contribution in [0, 0.1) is 18.7 Å². The molecular weight excluding hydrogens is 399 g/mol. The minimum Gasteiger partial charge on any atom is -0.455 e. The molecule has 0 aliphatic carbocycles. The second-order valence-corrected chi connectivity index (χ2v) is 7.35. The first-order chi connectivity index (χ1) is 13.8. The molecule has 2 aromatic rings. The van der Waals surface area contributed by atoms with Crippen molar-refractivity contribution in [1.82, 2.24) is 4.90 Å². The van der Waals surface area contributed by atoms with Crippen molar-refractivity contribution in [3.8, 4) is 0 Å². The van der Waals surface area contributed by atoms with Crippen LogP contribution in [0.5, 0.6) is 0 Å².